The standard InChI is InChI=1S/C12H22O2.C11H22.C7H14.2C2H6/c1-11(13)9-7-5-3-4-6-8-10-12(2)14;1-3-7-10(2)11-8-5-4-6-9-11;1-7-5-3-2-4-6-7;2*1-2/h3-10H2,1-2H3;10-11H,3-9H2,1-2H3;7H,2-6H2,1H3;2*1-2H3. The van der Waals surface area contributed by atoms with Crippen molar-refractivity contribution < 1.29 is 9.59 Å². The van der Waals surface area contributed by atoms with Gasteiger partial charge < -0.3 is 9.59 Å². The molecule has 0 amide bonds. The number of carbonyl (C=O) groups is 2. The first-order valence-electron chi connectivity index (χ1n) is 16.4. The normalized spacial score (nSPS) is 16.4. The highest BCUT2D eigenvalue weighted by Crippen LogP contribution is 2.31. The van der Waals surface area contributed by atoms with E-state index in [4.69, 9.17) is 0 Å². The fourth-order valence-corrected chi connectivity index (χ4v) is 5.16. The number of hydrogen-bond donors (Lipinski definition) is 0. The summed E-state index contributed by atoms with van der Waals surface area (Å²) in [5.41, 5.74) is 0. The van der Waals surface area contributed by atoms with Crippen molar-refractivity contribution >= 4 is 11.6 Å². The molecule has 0 N–H and O–H groups in total. The summed E-state index contributed by atoms with van der Waals surface area (Å²) in [6.45, 7) is 18.4. The third-order valence-corrected chi connectivity index (χ3v) is 7.40. The lowest BCUT2D eigenvalue weighted by atomic mass is 9.79. The van der Waals surface area contributed by atoms with Gasteiger partial charge in [-0.1, -0.05) is 151 Å². The van der Waals surface area contributed by atoms with Crippen LogP contribution < -0.4 is 0 Å². The van der Waals surface area contributed by atoms with Gasteiger partial charge in [-0.05, 0) is 44.4 Å². The molecule has 2 heteroatoms. The van der Waals surface area contributed by atoms with Crippen LogP contribution in [0.2, 0.25) is 0 Å². The highest BCUT2D eigenvalue weighted by atomic mass is 16.1. The van der Waals surface area contributed by atoms with Gasteiger partial charge in [0.25, 0.3) is 0 Å². The molecule has 0 radical (unpaired) electrons. The fourth-order valence-electron chi connectivity index (χ4n) is 5.16. The van der Waals surface area contributed by atoms with E-state index in [1.165, 1.54) is 89.9 Å². The lowest BCUT2D eigenvalue weighted by Crippen LogP contribution is -2.14. The summed E-state index contributed by atoms with van der Waals surface area (Å²) in [5, 5.41) is 0. The molecular formula is C34H70O2. The molecule has 0 bridgehead atoms. The predicted octanol–water partition coefficient (Wildman–Crippen LogP) is 11.9. The van der Waals surface area contributed by atoms with Crippen molar-refractivity contribution in [2.45, 2.75) is 191 Å². The molecule has 36 heavy (non-hydrogen) atoms. The Bertz CT molecular complexity index is 410. The topological polar surface area (TPSA) is 34.1 Å². The average molecular weight is 511 g/mol. The van der Waals surface area contributed by atoms with E-state index in [9.17, 15) is 9.59 Å². The zero-order valence-corrected chi connectivity index (χ0v) is 26.7. The minimum absolute atomic E-state index is 0.293. The summed E-state index contributed by atoms with van der Waals surface area (Å²) < 4.78 is 0. The molecule has 2 aliphatic carbocycles. The van der Waals surface area contributed by atoms with E-state index in [1.807, 2.05) is 27.7 Å². The maximum atomic E-state index is 10.6. The maximum absolute atomic E-state index is 10.6. The molecule has 0 saturated heterocycles. The molecule has 1 atom stereocenters. The van der Waals surface area contributed by atoms with Crippen molar-refractivity contribution in [1.29, 1.82) is 0 Å². The SMILES string of the molecule is CC.CC.CC(=O)CCCCCCCCC(C)=O.CC1CCCCC1.CCCC(C)C1CCCCC1. The van der Waals surface area contributed by atoms with Crippen LogP contribution in [-0.4, -0.2) is 11.6 Å². The Morgan fingerprint density at radius 3 is 1.31 bits per heavy atom. The van der Waals surface area contributed by atoms with E-state index >= 15 is 0 Å². The number of rotatable bonds is 12. The molecule has 2 aliphatic rings. The van der Waals surface area contributed by atoms with E-state index in [2.05, 4.69) is 20.8 Å². The third kappa shape index (κ3) is 31.4. The van der Waals surface area contributed by atoms with Crippen LogP contribution in [-0.2, 0) is 9.59 Å². The van der Waals surface area contributed by atoms with E-state index in [1.54, 1.807) is 13.8 Å². The van der Waals surface area contributed by atoms with Gasteiger partial charge in [-0.3, -0.25) is 0 Å². The maximum Gasteiger partial charge on any atom is 0.129 e. The van der Waals surface area contributed by atoms with Crippen molar-refractivity contribution in [1.82, 2.24) is 0 Å². The molecule has 2 saturated carbocycles. The van der Waals surface area contributed by atoms with Gasteiger partial charge in [-0.25, -0.2) is 0 Å². The van der Waals surface area contributed by atoms with E-state index in [0.717, 1.165) is 56.3 Å². The summed E-state index contributed by atoms with van der Waals surface area (Å²) in [4.78, 5) is 21.2. The molecule has 2 nitrogen and oxygen atoms in total. The van der Waals surface area contributed by atoms with Crippen LogP contribution in [0.25, 0.3) is 0 Å². The van der Waals surface area contributed by atoms with Crippen LogP contribution in [0, 0.1) is 17.8 Å². The number of ketones is 2. The third-order valence-electron chi connectivity index (χ3n) is 7.40. The second-order valence-electron chi connectivity index (χ2n) is 10.9. The first kappa shape index (κ1) is 39.8. The molecule has 0 aromatic rings. The van der Waals surface area contributed by atoms with Gasteiger partial charge in [0, 0.05) is 12.8 Å². The van der Waals surface area contributed by atoms with Crippen molar-refractivity contribution in [2.24, 2.45) is 17.8 Å². The Morgan fingerprint density at radius 2 is 1.00 bits per heavy atom. The summed E-state index contributed by atoms with van der Waals surface area (Å²) in [6.07, 6.45) is 26.0. The van der Waals surface area contributed by atoms with E-state index < -0.39 is 0 Å². The Hall–Kier alpha value is -0.660. The molecule has 2 rings (SSSR count). The largest absolute Gasteiger partial charge is 0.300 e. The van der Waals surface area contributed by atoms with Gasteiger partial charge in [0.2, 0.25) is 0 Å². The molecule has 0 spiro atoms. The first-order chi connectivity index (χ1) is 17.4. The second kappa shape index (κ2) is 32.4. The zero-order valence-electron chi connectivity index (χ0n) is 26.7. The molecule has 0 aromatic carbocycles. The quantitative estimate of drug-likeness (QED) is 0.245. The van der Waals surface area contributed by atoms with Crippen LogP contribution in [0.15, 0.2) is 0 Å². The molecule has 2 fully saturated rings. The molecule has 218 valence electrons. The Balaban J connectivity index is -0.000000439. The van der Waals surface area contributed by atoms with Crippen molar-refractivity contribution in [3.05, 3.63) is 0 Å². The summed E-state index contributed by atoms with van der Waals surface area (Å²) in [6, 6.07) is 0. The van der Waals surface area contributed by atoms with Gasteiger partial charge in [0.05, 0.1) is 0 Å². The molecule has 0 aromatic heterocycles. The molecule has 0 aliphatic heterocycles. The molecular weight excluding hydrogens is 440 g/mol. The van der Waals surface area contributed by atoms with Crippen molar-refractivity contribution in [3.8, 4) is 0 Å². The highest BCUT2D eigenvalue weighted by Gasteiger charge is 2.18. The van der Waals surface area contributed by atoms with Crippen LogP contribution in [0.5, 0.6) is 0 Å². The van der Waals surface area contributed by atoms with Gasteiger partial charge >= 0.3 is 0 Å². The van der Waals surface area contributed by atoms with Crippen molar-refractivity contribution in [2.75, 3.05) is 0 Å². The molecule has 0 heterocycles. The molecule has 1 unspecified atom stereocenters. The van der Waals surface area contributed by atoms with Gasteiger partial charge in [-0.15, -0.1) is 0 Å². The Morgan fingerprint density at radius 1 is 0.639 bits per heavy atom. The number of Topliss-reactive ketones (excluding diaryl/α,β-unsaturated/α-hetero) is 2. The van der Waals surface area contributed by atoms with E-state index in [0.29, 0.717) is 11.6 Å². The van der Waals surface area contributed by atoms with Gasteiger partial charge in [0.15, 0.2) is 0 Å². The van der Waals surface area contributed by atoms with Crippen LogP contribution in [0.1, 0.15) is 191 Å². The average Bonchev–Trinajstić information content (AvgIpc) is 2.89. The van der Waals surface area contributed by atoms with Gasteiger partial charge in [0.1, 0.15) is 11.6 Å². The predicted molar refractivity (Wildman–Crippen MR) is 164 cm³/mol. The Kier molecular flexibility index (Phi) is 35.8. The summed E-state index contributed by atoms with van der Waals surface area (Å²) >= 11 is 0. The van der Waals surface area contributed by atoms with E-state index in [-0.39, 0.29) is 0 Å². The van der Waals surface area contributed by atoms with Crippen LogP contribution in [0.3, 0.4) is 0 Å². The highest BCUT2D eigenvalue weighted by molar-refractivity contribution is 5.75. The fraction of sp³-hybridized carbons (Fsp3) is 0.941. The minimum Gasteiger partial charge on any atom is -0.300 e. The van der Waals surface area contributed by atoms with Crippen LogP contribution in [0.4, 0.5) is 0 Å². The first-order valence-corrected chi connectivity index (χ1v) is 16.4. The summed E-state index contributed by atoms with van der Waals surface area (Å²) in [7, 11) is 0. The zero-order chi connectivity index (χ0) is 28.0. The summed E-state index contributed by atoms with van der Waals surface area (Å²) in [5.74, 6) is 3.70. The minimum atomic E-state index is 0.293. The second-order valence-corrected chi connectivity index (χ2v) is 10.9. The number of unbranched alkanes of at least 4 members (excludes halogenated alkanes) is 5. The smallest absolute Gasteiger partial charge is 0.129 e. The van der Waals surface area contributed by atoms with Gasteiger partial charge in [-0.2, -0.15) is 0 Å². The lowest BCUT2D eigenvalue weighted by Gasteiger charge is -2.27. The van der Waals surface area contributed by atoms with Crippen molar-refractivity contribution in [3.63, 3.8) is 0 Å². The number of hydrogen-bond acceptors (Lipinski definition) is 2. The Labute approximate surface area is 229 Å². The monoisotopic (exact) mass is 511 g/mol. The number of carbonyl (C=O) groups excluding carboxylic acids is 2. The lowest BCUT2D eigenvalue weighted by molar-refractivity contribution is -0.118. The van der Waals surface area contributed by atoms with Crippen LogP contribution >= 0.6 is 0 Å².